The molecule has 0 bridgehead atoms. The fraction of sp³-hybridized carbons (Fsp3) is 0.0667. The molecule has 0 aliphatic carbocycles. The predicted molar refractivity (Wildman–Crippen MR) is 78.7 cm³/mol. The molecular formula is C15H9F2N3O3. The number of nitrogens with zero attached hydrogens (tertiary/aromatic N) is 2. The zero-order chi connectivity index (χ0) is 16.6. The molecule has 2 aromatic carbocycles. The summed E-state index contributed by atoms with van der Waals surface area (Å²) >= 11 is 0. The van der Waals surface area contributed by atoms with Crippen molar-refractivity contribution in [3.8, 4) is 0 Å². The Kier molecular flexibility index (Phi) is 3.57. The molecule has 1 amide bonds. The summed E-state index contributed by atoms with van der Waals surface area (Å²) in [6.07, 6.45) is -2.19. The Morgan fingerprint density at radius 1 is 1.22 bits per heavy atom. The fourth-order valence-corrected chi connectivity index (χ4v) is 2.25. The van der Waals surface area contributed by atoms with E-state index in [9.17, 15) is 23.7 Å². The molecule has 0 radical (unpaired) electrons. The van der Waals surface area contributed by atoms with Gasteiger partial charge in [0.2, 0.25) is 0 Å². The number of aliphatic imine (C=N–C) groups is 1. The highest BCUT2D eigenvalue weighted by Gasteiger charge is 2.27. The molecular weight excluding hydrogens is 308 g/mol. The van der Waals surface area contributed by atoms with Crippen LogP contribution in [0.5, 0.6) is 0 Å². The number of carbonyl (C=O) groups is 1. The summed E-state index contributed by atoms with van der Waals surface area (Å²) < 4.78 is 27.3. The lowest BCUT2D eigenvalue weighted by atomic mass is 10.00. The summed E-state index contributed by atoms with van der Waals surface area (Å²) in [6.45, 7) is 0. The Balaban J connectivity index is 2.25. The summed E-state index contributed by atoms with van der Waals surface area (Å²) in [5.74, 6) is -1.57. The highest BCUT2D eigenvalue weighted by molar-refractivity contribution is 6.19. The zero-order valence-corrected chi connectivity index (χ0v) is 11.5. The summed E-state index contributed by atoms with van der Waals surface area (Å²) in [7, 11) is 0. The average molecular weight is 317 g/mol. The maximum absolute atomic E-state index is 13.9. The third kappa shape index (κ3) is 2.78. The van der Waals surface area contributed by atoms with Gasteiger partial charge >= 0.3 is 0 Å². The van der Waals surface area contributed by atoms with Crippen LogP contribution in [0, 0.1) is 15.9 Å². The molecule has 0 fully saturated rings. The molecule has 1 atom stereocenters. The number of halogens is 2. The number of nitro groups is 1. The van der Waals surface area contributed by atoms with Crippen LogP contribution in [-0.4, -0.2) is 22.8 Å². The number of amides is 1. The SMILES string of the molecule is O=C1Nc2ccc([N+](=O)[O-])cc2C(c2cccc(F)c2)=NC1F. The molecule has 1 aliphatic rings. The van der Waals surface area contributed by atoms with Crippen molar-refractivity contribution < 1.29 is 18.5 Å². The van der Waals surface area contributed by atoms with Crippen LogP contribution >= 0.6 is 0 Å². The predicted octanol–water partition coefficient (Wildman–Crippen LogP) is 2.82. The number of nitro benzene ring substituents is 1. The van der Waals surface area contributed by atoms with Gasteiger partial charge in [-0.1, -0.05) is 12.1 Å². The van der Waals surface area contributed by atoms with Crippen LogP contribution in [0.3, 0.4) is 0 Å². The second-order valence-corrected chi connectivity index (χ2v) is 4.80. The van der Waals surface area contributed by atoms with Crippen LogP contribution in [0.1, 0.15) is 11.1 Å². The van der Waals surface area contributed by atoms with E-state index in [2.05, 4.69) is 10.3 Å². The first kappa shape index (κ1) is 14.8. The molecule has 6 nitrogen and oxygen atoms in total. The van der Waals surface area contributed by atoms with E-state index in [1.165, 1.54) is 30.3 Å². The van der Waals surface area contributed by atoms with Gasteiger partial charge in [0, 0.05) is 23.3 Å². The molecule has 23 heavy (non-hydrogen) atoms. The Morgan fingerprint density at radius 3 is 2.70 bits per heavy atom. The largest absolute Gasteiger partial charge is 0.321 e. The minimum atomic E-state index is -2.19. The number of alkyl halides is 1. The molecule has 0 aromatic heterocycles. The number of hydrogen-bond donors (Lipinski definition) is 1. The van der Waals surface area contributed by atoms with Gasteiger partial charge in [0.15, 0.2) is 0 Å². The maximum atomic E-state index is 13.9. The smallest absolute Gasteiger partial charge is 0.281 e. The Hall–Kier alpha value is -3.16. The number of benzene rings is 2. The number of fused-ring (bicyclic) bond motifs is 1. The summed E-state index contributed by atoms with van der Waals surface area (Å²) in [5.41, 5.74) is 0.251. The van der Waals surface area contributed by atoms with Crippen LogP contribution < -0.4 is 5.32 Å². The maximum Gasteiger partial charge on any atom is 0.281 e. The van der Waals surface area contributed by atoms with Crippen LogP contribution in [0.15, 0.2) is 47.5 Å². The molecule has 0 saturated heterocycles. The van der Waals surface area contributed by atoms with E-state index in [4.69, 9.17) is 0 Å². The number of nitrogens with one attached hydrogen (secondary N) is 1. The number of benzodiazepines with no additional fused rings is 1. The molecule has 0 saturated carbocycles. The van der Waals surface area contributed by atoms with Crippen LogP contribution in [-0.2, 0) is 4.79 Å². The van der Waals surface area contributed by atoms with Gasteiger partial charge in [-0.25, -0.2) is 13.8 Å². The van der Waals surface area contributed by atoms with Crippen molar-refractivity contribution in [2.24, 2.45) is 4.99 Å². The van der Waals surface area contributed by atoms with Gasteiger partial charge in [0.25, 0.3) is 17.9 Å². The normalized spacial score (nSPS) is 16.9. The minimum absolute atomic E-state index is 0.0333. The molecule has 116 valence electrons. The van der Waals surface area contributed by atoms with E-state index in [1.54, 1.807) is 0 Å². The first-order chi connectivity index (χ1) is 11.0. The van der Waals surface area contributed by atoms with Crippen molar-refractivity contribution in [2.75, 3.05) is 5.32 Å². The van der Waals surface area contributed by atoms with Gasteiger partial charge in [-0.3, -0.25) is 14.9 Å². The lowest BCUT2D eigenvalue weighted by Gasteiger charge is -2.09. The molecule has 1 N–H and O–H groups in total. The van der Waals surface area contributed by atoms with Crippen molar-refractivity contribution in [1.29, 1.82) is 0 Å². The zero-order valence-electron chi connectivity index (χ0n) is 11.5. The topological polar surface area (TPSA) is 84.6 Å². The van der Waals surface area contributed by atoms with Gasteiger partial charge in [0.05, 0.1) is 16.3 Å². The van der Waals surface area contributed by atoms with Crippen molar-refractivity contribution >= 4 is 23.0 Å². The van der Waals surface area contributed by atoms with Crippen LogP contribution in [0.25, 0.3) is 0 Å². The quantitative estimate of drug-likeness (QED) is 0.525. The van der Waals surface area contributed by atoms with Gasteiger partial charge in [-0.2, -0.15) is 0 Å². The van der Waals surface area contributed by atoms with Gasteiger partial charge in [-0.05, 0) is 18.2 Å². The third-order valence-corrected chi connectivity index (χ3v) is 3.28. The Morgan fingerprint density at radius 2 is 2.00 bits per heavy atom. The second kappa shape index (κ2) is 5.56. The number of anilines is 1. The Labute approximate surface area is 128 Å². The average Bonchev–Trinajstić information content (AvgIpc) is 2.64. The van der Waals surface area contributed by atoms with E-state index in [-0.39, 0.29) is 28.2 Å². The fourth-order valence-electron chi connectivity index (χ4n) is 2.25. The lowest BCUT2D eigenvalue weighted by Crippen LogP contribution is -2.21. The number of hydrogen-bond acceptors (Lipinski definition) is 4. The second-order valence-electron chi connectivity index (χ2n) is 4.80. The van der Waals surface area contributed by atoms with Gasteiger partial charge in [-0.15, -0.1) is 0 Å². The molecule has 1 aliphatic heterocycles. The summed E-state index contributed by atoms with van der Waals surface area (Å²) in [5, 5.41) is 13.3. The third-order valence-electron chi connectivity index (χ3n) is 3.28. The highest BCUT2D eigenvalue weighted by atomic mass is 19.1. The molecule has 2 aromatic rings. The molecule has 1 heterocycles. The Bertz CT molecular complexity index is 852. The van der Waals surface area contributed by atoms with Gasteiger partial charge < -0.3 is 5.32 Å². The van der Waals surface area contributed by atoms with Gasteiger partial charge in [0.1, 0.15) is 5.82 Å². The van der Waals surface area contributed by atoms with Crippen molar-refractivity contribution in [3.05, 3.63) is 69.5 Å². The summed E-state index contributed by atoms with van der Waals surface area (Å²) in [4.78, 5) is 25.6. The molecule has 1 unspecified atom stereocenters. The molecule has 8 heteroatoms. The van der Waals surface area contributed by atoms with Crippen molar-refractivity contribution in [2.45, 2.75) is 6.30 Å². The van der Waals surface area contributed by atoms with Crippen LogP contribution in [0.2, 0.25) is 0 Å². The molecule has 0 spiro atoms. The van der Waals surface area contributed by atoms with E-state index >= 15 is 0 Å². The van der Waals surface area contributed by atoms with Crippen LogP contribution in [0.4, 0.5) is 20.2 Å². The van der Waals surface area contributed by atoms with Crippen molar-refractivity contribution in [1.82, 2.24) is 0 Å². The van der Waals surface area contributed by atoms with E-state index in [0.717, 1.165) is 12.1 Å². The van der Waals surface area contributed by atoms with E-state index < -0.39 is 22.9 Å². The lowest BCUT2D eigenvalue weighted by molar-refractivity contribution is -0.384. The number of non-ortho nitro benzene ring substituents is 1. The standard InChI is InChI=1S/C15H9F2N3O3/c16-9-3-1-2-8(6-9)13-11-7-10(20(22)23)4-5-12(11)18-15(21)14(17)19-13/h1-7,14H,(H,18,21). The van der Waals surface area contributed by atoms with E-state index in [1.807, 2.05) is 0 Å². The number of carbonyl (C=O) groups excluding carboxylic acids is 1. The highest BCUT2D eigenvalue weighted by Crippen LogP contribution is 2.28. The molecule has 3 rings (SSSR count). The minimum Gasteiger partial charge on any atom is -0.321 e. The summed E-state index contributed by atoms with van der Waals surface area (Å²) in [6, 6.07) is 8.83. The first-order valence-electron chi connectivity index (χ1n) is 6.53. The monoisotopic (exact) mass is 317 g/mol. The number of rotatable bonds is 2. The van der Waals surface area contributed by atoms with E-state index in [0.29, 0.717) is 0 Å². The van der Waals surface area contributed by atoms with Crippen molar-refractivity contribution in [3.63, 3.8) is 0 Å². The first-order valence-corrected chi connectivity index (χ1v) is 6.53.